The molecule has 1 saturated heterocycles. The van der Waals surface area contributed by atoms with Gasteiger partial charge in [0.2, 0.25) is 0 Å². The summed E-state index contributed by atoms with van der Waals surface area (Å²) < 4.78 is 10.7. The maximum Gasteiger partial charge on any atom is 0.305 e. The summed E-state index contributed by atoms with van der Waals surface area (Å²) in [6, 6.07) is 0. The van der Waals surface area contributed by atoms with Gasteiger partial charge in [-0.2, -0.15) is 0 Å². The van der Waals surface area contributed by atoms with E-state index in [0.717, 1.165) is 38.9 Å². The molecule has 0 aromatic heterocycles. The largest absolute Gasteiger partial charge is 0.465 e. The molecular weight excluding hydrogens is 336 g/mol. The van der Waals surface area contributed by atoms with E-state index in [1.54, 1.807) is 0 Å². The second kappa shape index (κ2) is 18.5. The number of unbranched alkanes of at least 4 members (excludes halogenated alkanes) is 11. The van der Waals surface area contributed by atoms with E-state index in [2.05, 4.69) is 19.1 Å². The zero-order chi connectivity index (χ0) is 19.4. The highest BCUT2D eigenvalue weighted by Gasteiger charge is 2.15. The summed E-state index contributed by atoms with van der Waals surface area (Å²) >= 11 is 0. The fraction of sp³-hybridized carbons (Fsp3) is 0.875. The highest BCUT2D eigenvalue weighted by Crippen LogP contribution is 2.15. The van der Waals surface area contributed by atoms with Gasteiger partial charge in [-0.25, -0.2) is 0 Å². The Kier molecular flexibility index (Phi) is 16.6. The van der Waals surface area contributed by atoms with Crippen LogP contribution in [-0.2, 0) is 14.3 Å². The predicted octanol–water partition coefficient (Wildman–Crippen LogP) is 6.99. The van der Waals surface area contributed by atoms with Crippen molar-refractivity contribution in [1.82, 2.24) is 0 Å². The maximum absolute atomic E-state index is 11.8. The average molecular weight is 381 g/mol. The van der Waals surface area contributed by atoms with E-state index in [1.807, 2.05) is 0 Å². The van der Waals surface area contributed by atoms with Crippen LogP contribution in [0.3, 0.4) is 0 Å². The topological polar surface area (TPSA) is 35.5 Å². The normalized spacial score (nSPS) is 15.4. The molecule has 0 atom stereocenters. The molecule has 0 radical (unpaired) electrons. The second-order valence-electron chi connectivity index (χ2n) is 8.07. The average Bonchev–Trinajstić information content (AvgIpc) is 2.70. The molecule has 3 nitrogen and oxygen atoms in total. The minimum absolute atomic E-state index is 0.0147. The van der Waals surface area contributed by atoms with Gasteiger partial charge in [0.25, 0.3) is 0 Å². The van der Waals surface area contributed by atoms with Crippen LogP contribution in [0.25, 0.3) is 0 Å². The highest BCUT2D eigenvalue weighted by molar-refractivity contribution is 5.69. The lowest BCUT2D eigenvalue weighted by Crippen LogP contribution is -2.21. The summed E-state index contributed by atoms with van der Waals surface area (Å²) in [5.74, 6) is 0.496. The monoisotopic (exact) mass is 380 g/mol. The van der Waals surface area contributed by atoms with Crippen LogP contribution in [0.2, 0.25) is 0 Å². The summed E-state index contributed by atoms with van der Waals surface area (Å²) in [7, 11) is 0. The molecule has 27 heavy (non-hydrogen) atoms. The molecule has 0 bridgehead atoms. The third-order valence-electron chi connectivity index (χ3n) is 5.46. The standard InChI is InChI=1S/C24H44O3/c1-2-3-4-5-6-7-8-9-10-11-12-13-14-15-16-17-24(25)27-22-23-18-20-26-21-19-23/h9-10,23H,2-8,11-22H2,1H3. The van der Waals surface area contributed by atoms with Gasteiger partial charge in [-0.05, 0) is 50.9 Å². The smallest absolute Gasteiger partial charge is 0.305 e. The molecular formula is C24H44O3. The summed E-state index contributed by atoms with van der Waals surface area (Å²) in [5, 5.41) is 0. The molecule has 0 amide bonds. The van der Waals surface area contributed by atoms with Crippen LogP contribution in [-0.4, -0.2) is 25.8 Å². The van der Waals surface area contributed by atoms with E-state index in [9.17, 15) is 4.79 Å². The van der Waals surface area contributed by atoms with Crippen molar-refractivity contribution in [3.63, 3.8) is 0 Å². The minimum Gasteiger partial charge on any atom is -0.465 e. The van der Waals surface area contributed by atoms with E-state index in [0.29, 0.717) is 18.9 Å². The number of esters is 1. The number of carbonyl (C=O) groups is 1. The SMILES string of the molecule is CCCCCCCCC=CCCCCCCCC(=O)OCC1CCOCC1. The molecule has 3 heteroatoms. The van der Waals surface area contributed by atoms with E-state index in [-0.39, 0.29) is 5.97 Å². The van der Waals surface area contributed by atoms with Gasteiger partial charge in [0.1, 0.15) is 0 Å². The minimum atomic E-state index is -0.0147. The Hall–Kier alpha value is -0.830. The van der Waals surface area contributed by atoms with Crippen LogP contribution < -0.4 is 0 Å². The van der Waals surface area contributed by atoms with Gasteiger partial charge < -0.3 is 9.47 Å². The van der Waals surface area contributed by atoms with Crippen molar-refractivity contribution in [2.45, 2.75) is 110 Å². The van der Waals surface area contributed by atoms with Crippen LogP contribution >= 0.6 is 0 Å². The third kappa shape index (κ3) is 15.9. The number of carbonyl (C=O) groups excluding carboxylic acids is 1. The first-order chi connectivity index (χ1) is 13.3. The van der Waals surface area contributed by atoms with Crippen molar-refractivity contribution in [1.29, 1.82) is 0 Å². The third-order valence-corrected chi connectivity index (χ3v) is 5.46. The fourth-order valence-electron chi connectivity index (χ4n) is 3.54. The van der Waals surface area contributed by atoms with E-state index >= 15 is 0 Å². The van der Waals surface area contributed by atoms with Gasteiger partial charge in [0.15, 0.2) is 0 Å². The van der Waals surface area contributed by atoms with Crippen molar-refractivity contribution < 1.29 is 14.3 Å². The van der Waals surface area contributed by atoms with E-state index in [1.165, 1.54) is 70.6 Å². The van der Waals surface area contributed by atoms with Gasteiger partial charge >= 0.3 is 5.97 Å². The molecule has 0 spiro atoms. The molecule has 0 N–H and O–H groups in total. The fourth-order valence-corrected chi connectivity index (χ4v) is 3.54. The lowest BCUT2D eigenvalue weighted by atomic mass is 10.0. The van der Waals surface area contributed by atoms with Crippen LogP contribution in [0, 0.1) is 5.92 Å². The molecule has 1 rings (SSSR count). The lowest BCUT2D eigenvalue weighted by Gasteiger charge is -2.21. The molecule has 1 aliphatic heterocycles. The first-order valence-corrected chi connectivity index (χ1v) is 11.7. The zero-order valence-electron chi connectivity index (χ0n) is 17.9. The zero-order valence-corrected chi connectivity index (χ0v) is 17.9. The molecule has 1 fully saturated rings. The van der Waals surface area contributed by atoms with Crippen LogP contribution in [0.15, 0.2) is 12.2 Å². The number of ether oxygens (including phenoxy) is 2. The Morgan fingerprint density at radius 3 is 2.04 bits per heavy atom. The number of hydrogen-bond acceptors (Lipinski definition) is 3. The Labute approximate surface area is 168 Å². The van der Waals surface area contributed by atoms with Crippen molar-refractivity contribution in [3.05, 3.63) is 12.2 Å². The highest BCUT2D eigenvalue weighted by atomic mass is 16.5. The Morgan fingerprint density at radius 2 is 1.41 bits per heavy atom. The Balaban J connectivity index is 1.78. The summed E-state index contributed by atoms with van der Waals surface area (Å²) in [6.07, 6.45) is 24.0. The van der Waals surface area contributed by atoms with Gasteiger partial charge in [-0.3, -0.25) is 4.79 Å². The number of rotatable bonds is 17. The van der Waals surface area contributed by atoms with Crippen LogP contribution in [0.4, 0.5) is 0 Å². The first kappa shape index (κ1) is 24.2. The summed E-state index contributed by atoms with van der Waals surface area (Å²) in [6.45, 7) is 4.49. The quantitative estimate of drug-likeness (QED) is 0.155. The van der Waals surface area contributed by atoms with E-state index in [4.69, 9.17) is 9.47 Å². The maximum atomic E-state index is 11.8. The van der Waals surface area contributed by atoms with E-state index < -0.39 is 0 Å². The van der Waals surface area contributed by atoms with Gasteiger partial charge in [-0.1, -0.05) is 70.4 Å². The lowest BCUT2D eigenvalue weighted by molar-refractivity contribution is -0.146. The second-order valence-corrected chi connectivity index (χ2v) is 8.07. The molecule has 0 saturated carbocycles. The molecule has 0 aliphatic carbocycles. The summed E-state index contributed by atoms with van der Waals surface area (Å²) in [5.41, 5.74) is 0. The molecule has 1 aliphatic rings. The first-order valence-electron chi connectivity index (χ1n) is 11.7. The number of hydrogen-bond donors (Lipinski definition) is 0. The van der Waals surface area contributed by atoms with Gasteiger partial charge in [0, 0.05) is 19.6 Å². The number of allylic oxidation sites excluding steroid dienone is 2. The Bertz CT molecular complexity index is 359. The van der Waals surface area contributed by atoms with Crippen molar-refractivity contribution >= 4 is 5.97 Å². The molecule has 0 unspecified atom stereocenters. The van der Waals surface area contributed by atoms with Crippen LogP contribution in [0.5, 0.6) is 0 Å². The molecule has 0 aromatic carbocycles. The van der Waals surface area contributed by atoms with Crippen molar-refractivity contribution in [3.8, 4) is 0 Å². The van der Waals surface area contributed by atoms with Gasteiger partial charge in [0.05, 0.1) is 6.61 Å². The predicted molar refractivity (Wildman–Crippen MR) is 114 cm³/mol. The summed E-state index contributed by atoms with van der Waals surface area (Å²) in [4.78, 5) is 11.8. The van der Waals surface area contributed by atoms with Crippen molar-refractivity contribution in [2.75, 3.05) is 19.8 Å². The van der Waals surface area contributed by atoms with Crippen LogP contribution in [0.1, 0.15) is 110 Å². The van der Waals surface area contributed by atoms with Crippen molar-refractivity contribution in [2.24, 2.45) is 5.92 Å². The van der Waals surface area contributed by atoms with Gasteiger partial charge in [-0.15, -0.1) is 0 Å². The Morgan fingerprint density at radius 1 is 0.852 bits per heavy atom. The molecule has 1 heterocycles. The molecule has 0 aromatic rings. The molecule has 158 valence electrons.